The third-order valence-electron chi connectivity index (χ3n) is 3.20. The van der Waals surface area contributed by atoms with Crippen molar-refractivity contribution in [1.29, 1.82) is 0 Å². The maximum Gasteiger partial charge on any atom is 0.427 e. The molecule has 2 rings (SSSR count). The second kappa shape index (κ2) is 6.36. The highest BCUT2D eigenvalue weighted by molar-refractivity contribution is 7.49. The number of aliphatic hydroxyl groups excluding tert-OH is 1. The standard InChI is InChI=1S/C14H16NO6P/c16-10-4-1-9(2-5-10)3-6-12-13(15-22(19,20)21)7-11(17)8-14(12)18/h1-2,4-5,8,16,18H,3,6-7H2,(H3,15,19,20,21). The van der Waals surface area contributed by atoms with Crippen molar-refractivity contribution in [3.8, 4) is 5.75 Å². The van der Waals surface area contributed by atoms with Crippen LogP contribution in [0.25, 0.3) is 0 Å². The molecule has 0 fully saturated rings. The SMILES string of the molecule is O=C1C=C(O)C(CCc2ccc(O)cc2)=C(NP(=O)(O)O)C1. The Morgan fingerprint density at radius 3 is 2.32 bits per heavy atom. The molecule has 5 N–H and O–H groups in total. The monoisotopic (exact) mass is 325 g/mol. The second-order valence-corrected chi connectivity index (χ2v) is 6.26. The molecule has 0 saturated heterocycles. The Bertz CT molecular complexity index is 686. The maximum atomic E-state index is 11.4. The zero-order valence-electron chi connectivity index (χ0n) is 11.6. The van der Waals surface area contributed by atoms with Gasteiger partial charge in [-0.25, -0.2) is 4.57 Å². The fourth-order valence-electron chi connectivity index (χ4n) is 2.22. The Morgan fingerprint density at radius 2 is 1.73 bits per heavy atom. The fourth-order valence-corrected chi connectivity index (χ4v) is 2.79. The number of ketones is 1. The van der Waals surface area contributed by atoms with Gasteiger partial charge in [0.1, 0.15) is 11.5 Å². The van der Waals surface area contributed by atoms with Crippen LogP contribution in [0, 0.1) is 0 Å². The van der Waals surface area contributed by atoms with E-state index in [1.807, 2.05) is 5.09 Å². The van der Waals surface area contributed by atoms with Gasteiger partial charge < -0.3 is 20.0 Å². The molecule has 22 heavy (non-hydrogen) atoms. The molecule has 0 heterocycles. The molecule has 0 bridgehead atoms. The first kappa shape index (κ1) is 16.3. The highest BCUT2D eigenvalue weighted by Gasteiger charge is 2.24. The molecule has 7 nitrogen and oxygen atoms in total. The Hall–Kier alpha value is -2.08. The predicted octanol–water partition coefficient (Wildman–Crippen LogP) is 1.68. The average molecular weight is 325 g/mol. The summed E-state index contributed by atoms with van der Waals surface area (Å²) in [6, 6.07) is 6.47. The quantitative estimate of drug-likeness (QED) is 0.521. The number of carbonyl (C=O) groups excluding carboxylic acids is 1. The van der Waals surface area contributed by atoms with Crippen LogP contribution >= 0.6 is 7.75 Å². The third kappa shape index (κ3) is 4.46. The summed E-state index contributed by atoms with van der Waals surface area (Å²) in [4.78, 5) is 29.4. The number of aliphatic hydroxyl groups is 1. The van der Waals surface area contributed by atoms with Crippen molar-refractivity contribution < 1.29 is 29.4 Å². The van der Waals surface area contributed by atoms with E-state index in [-0.39, 0.29) is 23.6 Å². The van der Waals surface area contributed by atoms with Gasteiger partial charge in [0, 0.05) is 17.3 Å². The first-order valence-corrected chi connectivity index (χ1v) is 8.13. The molecule has 1 aromatic rings. The number of rotatable bonds is 5. The molecule has 0 aromatic heterocycles. The van der Waals surface area contributed by atoms with Crippen LogP contribution < -0.4 is 5.09 Å². The average Bonchev–Trinajstić information content (AvgIpc) is 2.37. The minimum Gasteiger partial charge on any atom is -0.508 e. The summed E-state index contributed by atoms with van der Waals surface area (Å²) >= 11 is 0. The summed E-state index contributed by atoms with van der Waals surface area (Å²) < 4.78 is 11.1. The molecule has 0 radical (unpaired) electrons. The summed E-state index contributed by atoms with van der Waals surface area (Å²) in [6.45, 7) is 0. The summed E-state index contributed by atoms with van der Waals surface area (Å²) in [5, 5.41) is 21.1. The lowest BCUT2D eigenvalue weighted by Crippen LogP contribution is -2.19. The molecular formula is C14H16NO6P. The molecule has 8 heteroatoms. The van der Waals surface area contributed by atoms with E-state index in [0.29, 0.717) is 18.4 Å². The Morgan fingerprint density at radius 1 is 1.09 bits per heavy atom. The number of hydrogen-bond donors (Lipinski definition) is 5. The van der Waals surface area contributed by atoms with Gasteiger partial charge in [-0.15, -0.1) is 0 Å². The van der Waals surface area contributed by atoms with Crippen molar-refractivity contribution in [3.63, 3.8) is 0 Å². The minimum atomic E-state index is -4.56. The number of carbonyl (C=O) groups is 1. The Labute approximate surface area is 126 Å². The van der Waals surface area contributed by atoms with E-state index in [2.05, 4.69) is 0 Å². The normalized spacial score (nSPS) is 15.7. The number of benzene rings is 1. The zero-order chi connectivity index (χ0) is 16.3. The van der Waals surface area contributed by atoms with Gasteiger partial charge in [-0.05, 0) is 30.5 Å². The van der Waals surface area contributed by atoms with Crippen molar-refractivity contribution in [2.45, 2.75) is 19.3 Å². The highest BCUT2D eigenvalue weighted by atomic mass is 31.2. The number of phenols is 1. The Balaban J connectivity index is 2.20. The van der Waals surface area contributed by atoms with Gasteiger partial charge in [-0.3, -0.25) is 9.88 Å². The molecule has 0 saturated carbocycles. The van der Waals surface area contributed by atoms with E-state index in [1.54, 1.807) is 12.1 Å². The van der Waals surface area contributed by atoms with E-state index in [1.165, 1.54) is 12.1 Å². The number of aromatic hydroxyl groups is 1. The summed E-state index contributed by atoms with van der Waals surface area (Å²) in [5.74, 6) is -0.578. The van der Waals surface area contributed by atoms with Crippen LogP contribution in [0.1, 0.15) is 18.4 Å². The Kier molecular flexibility index (Phi) is 4.71. The fraction of sp³-hybridized carbons (Fsp3) is 0.214. The van der Waals surface area contributed by atoms with Gasteiger partial charge in [-0.1, -0.05) is 12.1 Å². The molecule has 0 amide bonds. The van der Waals surface area contributed by atoms with Crippen molar-refractivity contribution in [1.82, 2.24) is 5.09 Å². The minimum absolute atomic E-state index is 0.0390. The lowest BCUT2D eigenvalue weighted by molar-refractivity contribution is -0.114. The highest BCUT2D eigenvalue weighted by Crippen LogP contribution is 2.35. The summed E-state index contributed by atoms with van der Waals surface area (Å²) in [6.07, 6.45) is 1.63. The molecule has 0 atom stereocenters. The van der Waals surface area contributed by atoms with Crippen molar-refractivity contribution in [2.75, 3.05) is 0 Å². The molecule has 118 valence electrons. The molecule has 1 aliphatic carbocycles. The number of phenolic OH excluding ortho intramolecular Hbond substituents is 1. The van der Waals surface area contributed by atoms with E-state index in [9.17, 15) is 19.6 Å². The third-order valence-corrected chi connectivity index (χ3v) is 3.76. The number of nitrogens with one attached hydrogen (secondary N) is 1. The number of aryl methyl sites for hydroxylation is 1. The van der Waals surface area contributed by atoms with E-state index in [0.717, 1.165) is 11.6 Å². The van der Waals surface area contributed by atoms with Crippen molar-refractivity contribution in [2.24, 2.45) is 0 Å². The zero-order valence-corrected chi connectivity index (χ0v) is 12.5. The van der Waals surface area contributed by atoms with Crippen LogP contribution in [0.4, 0.5) is 0 Å². The van der Waals surface area contributed by atoms with Crippen LogP contribution in [0.3, 0.4) is 0 Å². The first-order chi connectivity index (χ1) is 10.2. The van der Waals surface area contributed by atoms with Gasteiger partial charge in [0.15, 0.2) is 5.78 Å². The van der Waals surface area contributed by atoms with Gasteiger partial charge >= 0.3 is 7.75 Å². The lowest BCUT2D eigenvalue weighted by Gasteiger charge is -2.20. The van der Waals surface area contributed by atoms with Gasteiger partial charge in [0.25, 0.3) is 0 Å². The molecule has 1 aromatic carbocycles. The van der Waals surface area contributed by atoms with E-state index >= 15 is 0 Å². The van der Waals surface area contributed by atoms with Crippen molar-refractivity contribution >= 4 is 13.5 Å². The van der Waals surface area contributed by atoms with Gasteiger partial charge in [-0.2, -0.15) is 0 Å². The molecular weight excluding hydrogens is 309 g/mol. The summed E-state index contributed by atoms with van der Waals surface area (Å²) in [5.41, 5.74) is 1.22. The van der Waals surface area contributed by atoms with Crippen LogP contribution in [0.5, 0.6) is 5.75 Å². The number of hydrogen-bond acceptors (Lipinski definition) is 4. The molecule has 0 aliphatic heterocycles. The van der Waals surface area contributed by atoms with Crippen LogP contribution in [0.2, 0.25) is 0 Å². The second-order valence-electron chi connectivity index (χ2n) is 4.95. The summed E-state index contributed by atoms with van der Waals surface area (Å²) in [7, 11) is -4.56. The van der Waals surface area contributed by atoms with Crippen LogP contribution in [0.15, 0.2) is 47.4 Å². The van der Waals surface area contributed by atoms with E-state index < -0.39 is 13.5 Å². The predicted molar refractivity (Wildman–Crippen MR) is 79.0 cm³/mol. The number of allylic oxidation sites excluding steroid dienone is 3. The molecule has 0 unspecified atom stereocenters. The molecule has 0 spiro atoms. The largest absolute Gasteiger partial charge is 0.508 e. The topological polar surface area (TPSA) is 127 Å². The van der Waals surface area contributed by atoms with Crippen molar-refractivity contribution in [3.05, 3.63) is 52.9 Å². The van der Waals surface area contributed by atoms with Gasteiger partial charge in [0.05, 0.1) is 6.42 Å². The van der Waals surface area contributed by atoms with Crippen LogP contribution in [-0.2, 0) is 15.8 Å². The lowest BCUT2D eigenvalue weighted by atomic mass is 9.95. The van der Waals surface area contributed by atoms with Gasteiger partial charge in [0.2, 0.25) is 0 Å². The van der Waals surface area contributed by atoms with E-state index in [4.69, 9.17) is 9.79 Å². The molecule has 1 aliphatic rings. The first-order valence-electron chi connectivity index (χ1n) is 6.52. The smallest absolute Gasteiger partial charge is 0.427 e. The maximum absolute atomic E-state index is 11.4. The van der Waals surface area contributed by atoms with Crippen LogP contribution in [-0.4, -0.2) is 25.8 Å².